The Bertz CT molecular complexity index is 538. The third-order valence-corrected chi connectivity index (χ3v) is 5.28. The molecule has 1 aromatic rings. The minimum Gasteiger partial charge on any atom is -0.399 e. The molecule has 1 aromatic carbocycles. The van der Waals surface area contributed by atoms with Gasteiger partial charge in [0.25, 0.3) is 5.91 Å². The Kier molecular flexibility index (Phi) is 5.12. The van der Waals surface area contributed by atoms with Crippen LogP contribution in [0.1, 0.15) is 56.0 Å². The van der Waals surface area contributed by atoms with Crippen LogP contribution in [0.3, 0.4) is 0 Å². The topological polar surface area (TPSA) is 64.3 Å². The molecule has 22 heavy (non-hydrogen) atoms. The molecule has 2 rings (SSSR count). The Morgan fingerprint density at radius 3 is 2.64 bits per heavy atom. The zero-order valence-electron chi connectivity index (χ0n) is 14.1. The summed E-state index contributed by atoms with van der Waals surface area (Å²) in [5, 5.41) is 3.21. The van der Waals surface area contributed by atoms with Crippen LogP contribution in [0.4, 0.5) is 5.69 Å². The van der Waals surface area contributed by atoms with Gasteiger partial charge in [0.15, 0.2) is 0 Å². The number of nitrogens with one attached hydrogen (secondary N) is 1. The first-order chi connectivity index (χ1) is 10.5. The molecule has 0 saturated heterocycles. The first-order valence-corrected chi connectivity index (χ1v) is 8.27. The third kappa shape index (κ3) is 2.84. The van der Waals surface area contributed by atoms with Crippen LogP contribution in [-0.2, 0) is 4.74 Å². The van der Waals surface area contributed by atoms with Crippen molar-refractivity contribution in [2.24, 2.45) is 5.41 Å². The standard InChI is InChI=1S/C18H28N2O2/c1-5-18(6-2)15(11-16(18)22-7-3)20-17(21)14-10-13(19)9-8-12(14)4/h8-10,15-16H,5-7,11,19H2,1-4H3,(H,20,21). The van der Waals surface area contributed by atoms with Crippen LogP contribution in [0.25, 0.3) is 0 Å². The summed E-state index contributed by atoms with van der Waals surface area (Å²) in [7, 11) is 0. The number of ether oxygens (including phenoxy) is 1. The molecule has 0 aliphatic heterocycles. The molecule has 0 spiro atoms. The van der Waals surface area contributed by atoms with Crippen molar-refractivity contribution in [1.82, 2.24) is 5.32 Å². The van der Waals surface area contributed by atoms with E-state index in [0.29, 0.717) is 11.3 Å². The monoisotopic (exact) mass is 304 g/mol. The first-order valence-electron chi connectivity index (χ1n) is 8.27. The van der Waals surface area contributed by atoms with Gasteiger partial charge in [0.05, 0.1) is 6.10 Å². The maximum Gasteiger partial charge on any atom is 0.251 e. The smallest absolute Gasteiger partial charge is 0.251 e. The van der Waals surface area contributed by atoms with E-state index in [1.165, 1.54) is 0 Å². The van der Waals surface area contributed by atoms with Crippen molar-refractivity contribution in [3.63, 3.8) is 0 Å². The van der Waals surface area contributed by atoms with Crippen molar-refractivity contribution in [3.05, 3.63) is 29.3 Å². The largest absolute Gasteiger partial charge is 0.399 e. The SMILES string of the molecule is CCOC1CC(NC(=O)c2cc(N)ccc2C)C1(CC)CC. The summed E-state index contributed by atoms with van der Waals surface area (Å²) in [6.07, 6.45) is 3.16. The maximum absolute atomic E-state index is 12.6. The normalized spacial score (nSPS) is 22.9. The third-order valence-electron chi connectivity index (χ3n) is 5.28. The average molecular weight is 304 g/mol. The van der Waals surface area contributed by atoms with Gasteiger partial charge in [-0.05, 0) is 50.8 Å². The quantitative estimate of drug-likeness (QED) is 0.793. The second-order valence-electron chi connectivity index (χ2n) is 6.22. The van der Waals surface area contributed by atoms with Crippen molar-refractivity contribution in [3.8, 4) is 0 Å². The lowest BCUT2D eigenvalue weighted by Crippen LogP contribution is -2.64. The molecule has 2 atom stereocenters. The second kappa shape index (κ2) is 6.69. The Morgan fingerprint density at radius 2 is 2.05 bits per heavy atom. The number of carbonyl (C=O) groups excluding carboxylic acids is 1. The number of hydrogen-bond acceptors (Lipinski definition) is 3. The predicted molar refractivity (Wildman–Crippen MR) is 89.9 cm³/mol. The van der Waals surface area contributed by atoms with Crippen LogP contribution >= 0.6 is 0 Å². The molecule has 1 saturated carbocycles. The predicted octanol–water partition coefficient (Wildman–Crippen LogP) is 3.29. The summed E-state index contributed by atoms with van der Waals surface area (Å²) >= 11 is 0. The summed E-state index contributed by atoms with van der Waals surface area (Å²) in [5.41, 5.74) is 8.10. The highest BCUT2D eigenvalue weighted by Gasteiger charge is 2.53. The summed E-state index contributed by atoms with van der Waals surface area (Å²) in [5.74, 6) is -0.0315. The molecular weight excluding hydrogens is 276 g/mol. The number of nitrogens with two attached hydrogens (primary N) is 1. The van der Waals surface area contributed by atoms with Crippen LogP contribution in [0.5, 0.6) is 0 Å². The molecule has 3 N–H and O–H groups in total. The molecule has 4 heteroatoms. The molecule has 1 amide bonds. The minimum absolute atomic E-state index is 0.0315. The van der Waals surface area contributed by atoms with Crippen LogP contribution in [0.2, 0.25) is 0 Å². The lowest BCUT2D eigenvalue weighted by molar-refractivity contribution is -0.134. The molecule has 0 radical (unpaired) electrons. The molecule has 1 fully saturated rings. The maximum atomic E-state index is 12.6. The molecule has 0 aromatic heterocycles. The van der Waals surface area contributed by atoms with Crippen molar-refractivity contribution in [2.75, 3.05) is 12.3 Å². The number of anilines is 1. The Labute approximate surface area is 133 Å². The van der Waals surface area contributed by atoms with Crippen LogP contribution in [-0.4, -0.2) is 24.7 Å². The molecule has 2 unspecified atom stereocenters. The summed E-state index contributed by atoms with van der Waals surface area (Å²) < 4.78 is 5.86. The van der Waals surface area contributed by atoms with E-state index in [1.54, 1.807) is 6.07 Å². The zero-order valence-corrected chi connectivity index (χ0v) is 14.1. The first kappa shape index (κ1) is 16.8. The van der Waals surface area contributed by atoms with E-state index >= 15 is 0 Å². The van der Waals surface area contributed by atoms with Gasteiger partial charge in [-0.1, -0.05) is 19.9 Å². The molecule has 0 heterocycles. The van der Waals surface area contributed by atoms with Crippen LogP contribution in [0, 0.1) is 12.3 Å². The van der Waals surface area contributed by atoms with Gasteiger partial charge in [0.1, 0.15) is 0 Å². The lowest BCUT2D eigenvalue weighted by Gasteiger charge is -2.55. The molecule has 0 bridgehead atoms. The lowest BCUT2D eigenvalue weighted by atomic mass is 9.58. The van der Waals surface area contributed by atoms with E-state index in [-0.39, 0.29) is 23.5 Å². The number of benzene rings is 1. The minimum atomic E-state index is -0.0315. The van der Waals surface area contributed by atoms with Crippen molar-refractivity contribution >= 4 is 11.6 Å². The number of hydrogen-bond donors (Lipinski definition) is 2. The Balaban J connectivity index is 2.13. The van der Waals surface area contributed by atoms with E-state index in [0.717, 1.165) is 31.4 Å². The highest BCUT2D eigenvalue weighted by atomic mass is 16.5. The second-order valence-corrected chi connectivity index (χ2v) is 6.22. The summed E-state index contributed by atoms with van der Waals surface area (Å²) in [6.45, 7) is 9.05. The fraction of sp³-hybridized carbons (Fsp3) is 0.611. The number of aryl methyl sites for hydroxylation is 1. The number of rotatable bonds is 6. The van der Waals surface area contributed by atoms with E-state index < -0.39 is 0 Å². The van der Waals surface area contributed by atoms with E-state index in [1.807, 2.05) is 26.0 Å². The van der Waals surface area contributed by atoms with E-state index in [9.17, 15) is 4.79 Å². The van der Waals surface area contributed by atoms with Crippen molar-refractivity contribution in [1.29, 1.82) is 0 Å². The highest BCUT2D eigenvalue weighted by Crippen LogP contribution is 2.49. The summed E-state index contributed by atoms with van der Waals surface area (Å²) in [4.78, 5) is 12.6. The van der Waals surface area contributed by atoms with Gasteiger partial charge in [0.2, 0.25) is 0 Å². The van der Waals surface area contributed by atoms with Gasteiger partial charge in [-0.2, -0.15) is 0 Å². The van der Waals surface area contributed by atoms with Gasteiger partial charge < -0.3 is 15.8 Å². The van der Waals surface area contributed by atoms with Gasteiger partial charge in [-0.3, -0.25) is 4.79 Å². The molecule has 4 nitrogen and oxygen atoms in total. The highest BCUT2D eigenvalue weighted by molar-refractivity contribution is 5.96. The van der Waals surface area contributed by atoms with Crippen molar-refractivity contribution < 1.29 is 9.53 Å². The van der Waals surface area contributed by atoms with Crippen molar-refractivity contribution in [2.45, 2.75) is 59.1 Å². The average Bonchev–Trinajstić information content (AvgIpc) is 2.50. The van der Waals surface area contributed by atoms with Crippen LogP contribution in [0.15, 0.2) is 18.2 Å². The van der Waals surface area contributed by atoms with Gasteiger partial charge in [0, 0.05) is 29.3 Å². The van der Waals surface area contributed by atoms with Crippen LogP contribution < -0.4 is 11.1 Å². The van der Waals surface area contributed by atoms with E-state index in [4.69, 9.17) is 10.5 Å². The number of nitrogen functional groups attached to an aromatic ring is 1. The van der Waals surface area contributed by atoms with Gasteiger partial charge >= 0.3 is 0 Å². The van der Waals surface area contributed by atoms with Gasteiger partial charge in [-0.15, -0.1) is 0 Å². The Hall–Kier alpha value is -1.55. The zero-order chi connectivity index (χ0) is 16.3. The van der Waals surface area contributed by atoms with E-state index in [2.05, 4.69) is 19.2 Å². The molecule has 122 valence electrons. The Morgan fingerprint density at radius 1 is 1.36 bits per heavy atom. The van der Waals surface area contributed by atoms with Gasteiger partial charge in [-0.25, -0.2) is 0 Å². The molecular formula is C18H28N2O2. The number of carbonyl (C=O) groups is 1. The summed E-state index contributed by atoms with van der Waals surface area (Å²) in [6, 6.07) is 5.64. The molecule has 1 aliphatic carbocycles. The fourth-order valence-electron chi connectivity index (χ4n) is 3.70. The number of amides is 1. The fourth-order valence-corrected chi connectivity index (χ4v) is 3.70. The molecule has 1 aliphatic rings.